The van der Waals surface area contributed by atoms with Crippen molar-refractivity contribution >= 4 is 23.4 Å². The van der Waals surface area contributed by atoms with E-state index in [0.29, 0.717) is 83.7 Å². The average Bonchev–Trinajstić information content (AvgIpc) is 0.887. The van der Waals surface area contributed by atoms with E-state index in [0.717, 1.165) is 114 Å². The summed E-state index contributed by atoms with van der Waals surface area (Å²) in [6.45, 7) is 1.55. The third-order valence-corrected chi connectivity index (χ3v) is 24.0. The van der Waals surface area contributed by atoms with Gasteiger partial charge in [0.25, 0.3) is 0 Å². The van der Waals surface area contributed by atoms with Crippen molar-refractivity contribution in [3.63, 3.8) is 0 Å². The number of ketones is 1. The number of hydrogen-bond donors (Lipinski definition) is 7. The number of phenolic OH excluding ortho intramolecular Hbond substituents is 1. The van der Waals surface area contributed by atoms with Crippen LogP contribution in [0.2, 0.25) is 0 Å². The maximum atomic E-state index is 16.2. The van der Waals surface area contributed by atoms with Gasteiger partial charge in [0.15, 0.2) is 0 Å². The predicted molar refractivity (Wildman–Crippen MR) is 332 cm³/mol. The summed E-state index contributed by atoms with van der Waals surface area (Å²) in [5.41, 5.74) is 1.34. The van der Waals surface area contributed by atoms with Gasteiger partial charge in [0.2, 0.25) is 0 Å². The van der Waals surface area contributed by atoms with E-state index in [4.69, 9.17) is 14.2 Å². The molecular formula is C75H91NO12. The summed E-state index contributed by atoms with van der Waals surface area (Å²) < 4.78 is 20.1. The Bertz CT molecular complexity index is 3350. The van der Waals surface area contributed by atoms with Gasteiger partial charge >= 0.3 is 11.9 Å². The monoisotopic (exact) mass is 1200 g/mol. The first kappa shape index (κ1) is 60.1. The zero-order valence-corrected chi connectivity index (χ0v) is 51.4. The summed E-state index contributed by atoms with van der Waals surface area (Å²) in [6.07, 6.45) is 14.5. The topological polar surface area (TPSA) is 212 Å². The van der Waals surface area contributed by atoms with Crippen molar-refractivity contribution in [1.82, 2.24) is 0 Å². The highest BCUT2D eigenvalue weighted by Crippen LogP contribution is 2.60. The first-order valence-electron chi connectivity index (χ1n) is 34.2. The van der Waals surface area contributed by atoms with Crippen LogP contribution in [0.15, 0.2) is 60.2 Å². The van der Waals surface area contributed by atoms with E-state index >= 15 is 4.79 Å². The molecule has 13 heteroatoms. The van der Waals surface area contributed by atoms with E-state index in [1.54, 1.807) is 13.0 Å². The summed E-state index contributed by atoms with van der Waals surface area (Å²) in [5.74, 6) is 11.5. The summed E-state index contributed by atoms with van der Waals surface area (Å²) in [6, 6.07) is 15.7. The number of carbonyl (C=O) groups excluding carboxylic acids is 3. The van der Waals surface area contributed by atoms with Gasteiger partial charge in [-0.2, -0.15) is 0 Å². The zero-order chi connectivity index (χ0) is 60.6. The van der Waals surface area contributed by atoms with Crippen molar-refractivity contribution < 1.29 is 59.2 Å². The molecule has 7 fully saturated rings. The highest BCUT2D eigenvalue weighted by Gasteiger charge is 2.62. The van der Waals surface area contributed by atoms with Crippen molar-refractivity contribution in [3.8, 4) is 35.2 Å². The number of fused-ring (bicyclic) bond motifs is 11. The lowest BCUT2D eigenvalue weighted by Crippen LogP contribution is -2.65. The molecule has 6 aliphatic carbocycles. The van der Waals surface area contributed by atoms with Gasteiger partial charge in [-0.1, -0.05) is 112 Å². The highest BCUT2D eigenvalue weighted by molar-refractivity contribution is 5.89. The molecule has 88 heavy (non-hydrogen) atoms. The lowest BCUT2D eigenvalue weighted by Gasteiger charge is -2.59. The van der Waals surface area contributed by atoms with Crippen molar-refractivity contribution in [2.45, 2.75) is 246 Å². The highest BCUT2D eigenvalue weighted by atomic mass is 16.6. The second kappa shape index (κ2) is 24.3. The summed E-state index contributed by atoms with van der Waals surface area (Å²) in [7, 11) is 0. The number of ether oxygens (including phenoxy) is 3. The number of benzene rings is 3. The molecule has 3 aromatic carbocycles. The molecule has 6 saturated carbocycles. The van der Waals surface area contributed by atoms with Crippen LogP contribution in [0, 0.1) is 70.5 Å². The molecule has 16 bridgehead atoms. The molecule has 0 aromatic heterocycles. The average molecular weight is 1200 g/mol. The van der Waals surface area contributed by atoms with Crippen LogP contribution < -0.4 is 10.1 Å². The van der Waals surface area contributed by atoms with Gasteiger partial charge in [0.1, 0.15) is 40.7 Å². The first-order chi connectivity index (χ1) is 42.5. The van der Waals surface area contributed by atoms with Gasteiger partial charge in [0, 0.05) is 65.9 Å². The van der Waals surface area contributed by atoms with Crippen LogP contribution in [0.3, 0.4) is 0 Å². The van der Waals surface area contributed by atoms with E-state index in [1.165, 1.54) is 0 Å². The Morgan fingerprint density at radius 3 is 2.26 bits per heavy atom. The van der Waals surface area contributed by atoms with Crippen LogP contribution >= 0.6 is 0 Å². The van der Waals surface area contributed by atoms with Gasteiger partial charge in [-0.3, -0.25) is 9.59 Å². The molecule has 13 aliphatic rings. The Morgan fingerprint density at radius 2 is 1.43 bits per heavy atom. The lowest BCUT2D eigenvalue weighted by molar-refractivity contribution is -0.228. The van der Waals surface area contributed by atoms with Crippen molar-refractivity contribution in [3.05, 3.63) is 99.1 Å². The van der Waals surface area contributed by atoms with Crippen LogP contribution in [0.5, 0.6) is 11.5 Å². The van der Waals surface area contributed by atoms with Gasteiger partial charge in [-0.25, -0.2) is 4.79 Å². The van der Waals surface area contributed by atoms with E-state index in [9.17, 15) is 40.2 Å². The molecule has 0 amide bonds. The molecular weight excluding hydrogens is 1110 g/mol. The number of Topliss-reactive ketones (excluding diaryl/α,β-unsaturated/α-hetero) is 1. The Kier molecular flexibility index (Phi) is 16.6. The number of aromatic hydroxyl groups is 1. The van der Waals surface area contributed by atoms with Gasteiger partial charge < -0.3 is 50.2 Å². The van der Waals surface area contributed by atoms with Crippen molar-refractivity contribution in [1.29, 1.82) is 0 Å². The number of anilines is 1. The molecule has 7 aliphatic heterocycles. The molecule has 1 saturated heterocycles. The Balaban J connectivity index is 0.965. The number of aliphatic hydroxyl groups excluding tert-OH is 3. The fourth-order valence-electron chi connectivity index (χ4n) is 19.4. The number of aliphatic hydroxyl groups is 5. The quantitative estimate of drug-likeness (QED) is 0.0724. The third kappa shape index (κ3) is 11.4. The number of nitrogens with one attached hydrogen (secondary N) is 1. The minimum Gasteiger partial charge on any atom is -0.507 e. The fraction of sp³-hybridized carbons (Fsp3) is 0.640. The molecule has 0 radical (unpaired) electrons. The Hall–Kier alpha value is -5.51. The Labute approximate surface area is 519 Å². The number of esters is 2. The molecule has 17 atom stereocenters. The third-order valence-electron chi connectivity index (χ3n) is 24.0. The van der Waals surface area contributed by atoms with Crippen LogP contribution in [-0.4, -0.2) is 96.6 Å². The summed E-state index contributed by atoms with van der Waals surface area (Å²) in [4.78, 5) is 44.8. The van der Waals surface area contributed by atoms with Crippen molar-refractivity contribution in [2.24, 2.45) is 46.8 Å². The van der Waals surface area contributed by atoms with Crippen LogP contribution in [-0.2, 0) is 43.1 Å². The Morgan fingerprint density at radius 1 is 0.682 bits per heavy atom. The van der Waals surface area contributed by atoms with Gasteiger partial charge in [0.05, 0.1) is 42.2 Å². The minimum atomic E-state index is -1.65. The minimum absolute atomic E-state index is 0.0208. The maximum Gasteiger partial charge on any atom is 0.334 e. The molecule has 3 aromatic rings. The smallest absolute Gasteiger partial charge is 0.334 e. The van der Waals surface area contributed by atoms with Crippen LogP contribution in [0.25, 0.3) is 0 Å². The SMILES string of the molecule is C[C@]1(O)CNc2cc([C@H]3C#C[C@@H]4CC(=O)Oc5c4cc(c(O)c5C4CCCCC4)C[C@H]4OC(=O)/C(=C\[C@H](O)Cc5cccc(c5)C[C@@H]5C(=O)CC[C@@H]6[C@@H]5C[C@@H]5CCCC[C@H]5[C@]64O)C3)cc(c2)[C@H](O)C2(C#C[C@H]3CC[C@H]4O[C@@H](CC[C@H]4C3)[C@H]1O)CCCCC2. The fourth-order valence-corrected chi connectivity index (χ4v) is 19.4. The number of carbonyl (C=O) groups is 3. The number of rotatable bonds is 2. The van der Waals surface area contributed by atoms with Gasteiger partial charge in [-0.05, 0) is 184 Å². The predicted octanol–water partition coefficient (Wildman–Crippen LogP) is 11.2. The number of hydrogen-bond acceptors (Lipinski definition) is 13. The molecule has 0 unspecified atom stereocenters. The normalized spacial score (nSPS) is 38.8. The second-order valence-electron chi connectivity index (χ2n) is 29.6. The molecule has 1 spiro atoms. The first-order valence-corrected chi connectivity index (χ1v) is 34.2. The van der Waals surface area contributed by atoms with E-state index in [1.807, 2.05) is 36.4 Å². The van der Waals surface area contributed by atoms with Crippen LogP contribution in [0.1, 0.15) is 224 Å². The molecule has 7 N–H and O–H groups in total. The number of phenols is 1. The van der Waals surface area contributed by atoms with E-state index in [-0.39, 0.29) is 97.4 Å². The van der Waals surface area contributed by atoms with E-state index in [2.05, 4.69) is 41.1 Å². The molecule has 16 rings (SSSR count). The molecule has 7 heterocycles. The van der Waals surface area contributed by atoms with Crippen molar-refractivity contribution in [2.75, 3.05) is 11.9 Å². The summed E-state index contributed by atoms with van der Waals surface area (Å²) >= 11 is 0. The second-order valence-corrected chi connectivity index (χ2v) is 29.6. The molecule has 13 nitrogen and oxygen atoms in total. The maximum absolute atomic E-state index is 16.2. The lowest BCUT2D eigenvalue weighted by atomic mass is 9.48. The largest absolute Gasteiger partial charge is 0.507 e. The van der Waals surface area contributed by atoms with Gasteiger partial charge in [-0.15, -0.1) is 0 Å². The molecule has 468 valence electrons. The zero-order valence-electron chi connectivity index (χ0n) is 51.4. The van der Waals surface area contributed by atoms with Crippen LogP contribution in [0.4, 0.5) is 5.69 Å². The summed E-state index contributed by atoms with van der Waals surface area (Å²) in [5, 5.41) is 80.9. The van der Waals surface area contributed by atoms with E-state index < -0.39 is 76.8 Å². The standard InChI is InChI=1S/C75H91NO12/c1-73(84)42-76-55-35-51(34-53(36-55)70(81)74(26-8-3-9-27-74)28-25-43-17-23-63-50(30-43)20-24-64(86-63)71(73)82)47-18-19-48-41-66(79)88-69-57(48)39-52(68(80)67(69)46-13-4-2-5-14-46)40-65-75(85)60-16-7-6-15-49(60)38-58-59(62(78)22-21-61(58)75)32-45-12-10-11-44(29-45)31-56(77)37-54(33-47)72(83)87-65/h10-12,29,34-37,39,43,46-50,56,58-61,63-65,70-71,76-77,80-82,84-85H,2-9,13-17,20-24,26-27,30-33,38,40-42H2,1H3/b54-37-/t43-,47+,48-,49+,50+,56-,58-,59+,60-,61-,63-,64+,65-,70+,71-,73+,75+/m1/s1.